The lowest BCUT2D eigenvalue weighted by Gasteiger charge is -2.11. The lowest BCUT2D eigenvalue weighted by Crippen LogP contribution is -2.04. The number of aryl methyl sites for hydroxylation is 2. The molecule has 1 aliphatic rings. The van der Waals surface area contributed by atoms with Crippen molar-refractivity contribution < 1.29 is 13.5 Å². The van der Waals surface area contributed by atoms with E-state index in [1.54, 1.807) is 0 Å². The highest BCUT2D eigenvalue weighted by atomic mass is 19.2. The Morgan fingerprint density at radius 1 is 1.15 bits per heavy atom. The fourth-order valence-corrected chi connectivity index (χ4v) is 2.39. The Balaban J connectivity index is 1.95. The molecule has 2 N–H and O–H groups in total. The molecule has 0 atom stereocenters. The Morgan fingerprint density at radius 3 is 2.75 bits per heavy atom. The molecular formula is C15H14F2N2O. The van der Waals surface area contributed by atoms with E-state index in [-0.39, 0.29) is 5.75 Å². The van der Waals surface area contributed by atoms with Crippen molar-refractivity contribution in [2.45, 2.75) is 25.8 Å². The van der Waals surface area contributed by atoms with Gasteiger partial charge >= 0.3 is 0 Å². The van der Waals surface area contributed by atoms with E-state index in [4.69, 9.17) is 10.5 Å². The molecule has 1 aromatic carbocycles. The highest BCUT2D eigenvalue weighted by Crippen LogP contribution is 2.29. The van der Waals surface area contributed by atoms with E-state index >= 15 is 0 Å². The minimum atomic E-state index is -0.946. The molecule has 1 heterocycles. The van der Waals surface area contributed by atoms with Gasteiger partial charge in [-0.05, 0) is 43.0 Å². The number of ether oxygens (including phenoxy) is 1. The van der Waals surface area contributed by atoms with Gasteiger partial charge in [-0.1, -0.05) is 0 Å². The third-order valence-corrected chi connectivity index (χ3v) is 3.42. The predicted molar refractivity (Wildman–Crippen MR) is 70.6 cm³/mol. The summed E-state index contributed by atoms with van der Waals surface area (Å²) in [7, 11) is 0. The maximum atomic E-state index is 13.2. The van der Waals surface area contributed by atoms with Gasteiger partial charge in [0.15, 0.2) is 11.6 Å². The molecule has 0 amide bonds. The van der Waals surface area contributed by atoms with Gasteiger partial charge < -0.3 is 10.5 Å². The normalized spacial score (nSPS) is 13.3. The van der Waals surface area contributed by atoms with Crippen molar-refractivity contribution in [3.8, 4) is 11.6 Å². The van der Waals surface area contributed by atoms with Crippen LogP contribution in [0.25, 0.3) is 0 Å². The van der Waals surface area contributed by atoms with Crippen LogP contribution in [0.3, 0.4) is 0 Å². The highest BCUT2D eigenvalue weighted by Gasteiger charge is 2.17. The summed E-state index contributed by atoms with van der Waals surface area (Å²) in [5.41, 5.74) is 8.67. The Morgan fingerprint density at radius 2 is 2.00 bits per heavy atom. The molecule has 20 heavy (non-hydrogen) atoms. The van der Waals surface area contributed by atoms with Crippen molar-refractivity contribution in [1.29, 1.82) is 0 Å². The minimum absolute atomic E-state index is 0.212. The van der Waals surface area contributed by atoms with Crippen LogP contribution in [0, 0.1) is 11.6 Å². The van der Waals surface area contributed by atoms with Gasteiger partial charge in [-0.3, -0.25) is 0 Å². The zero-order valence-corrected chi connectivity index (χ0v) is 10.8. The number of hydrogen-bond donors (Lipinski definition) is 1. The van der Waals surface area contributed by atoms with E-state index in [1.807, 2.05) is 6.07 Å². The quantitative estimate of drug-likeness (QED) is 0.937. The van der Waals surface area contributed by atoms with Crippen molar-refractivity contribution in [3.05, 3.63) is 52.7 Å². The fraction of sp³-hybridized carbons (Fsp3) is 0.267. The monoisotopic (exact) mass is 276 g/mol. The Hall–Kier alpha value is -2.01. The second kappa shape index (κ2) is 5.17. The lowest BCUT2D eigenvalue weighted by molar-refractivity contribution is 0.441. The molecule has 0 fully saturated rings. The summed E-state index contributed by atoms with van der Waals surface area (Å²) in [6.45, 7) is 0.291. The van der Waals surface area contributed by atoms with Gasteiger partial charge in [-0.25, -0.2) is 13.8 Å². The number of nitrogens with two attached hydrogens (primary N) is 1. The fourth-order valence-electron chi connectivity index (χ4n) is 2.39. The molecular weight excluding hydrogens is 262 g/mol. The molecule has 1 aromatic heterocycles. The largest absolute Gasteiger partial charge is 0.439 e. The van der Waals surface area contributed by atoms with E-state index in [0.717, 1.165) is 42.7 Å². The van der Waals surface area contributed by atoms with E-state index in [2.05, 4.69) is 4.98 Å². The minimum Gasteiger partial charge on any atom is -0.439 e. The van der Waals surface area contributed by atoms with E-state index in [9.17, 15) is 8.78 Å². The van der Waals surface area contributed by atoms with Gasteiger partial charge in [0.2, 0.25) is 5.88 Å². The van der Waals surface area contributed by atoms with Crippen LogP contribution in [0.5, 0.6) is 11.6 Å². The number of pyridine rings is 1. The molecule has 5 heteroatoms. The summed E-state index contributed by atoms with van der Waals surface area (Å²) in [5.74, 6) is -1.26. The Labute approximate surface area is 115 Å². The zero-order valence-electron chi connectivity index (χ0n) is 10.8. The number of rotatable bonds is 3. The summed E-state index contributed by atoms with van der Waals surface area (Å²) < 4.78 is 31.6. The average Bonchev–Trinajstić information content (AvgIpc) is 2.89. The standard InChI is InChI=1S/C15H14F2N2O/c16-12-5-4-11(7-13(12)17)20-15-10(8-18)6-9-2-1-3-14(9)19-15/h4-7H,1-3,8,18H2. The first-order valence-electron chi connectivity index (χ1n) is 6.52. The van der Waals surface area contributed by atoms with Crippen LogP contribution in [0.1, 0.15) is 23.2 Å². The third kappa shape index (κ3) is 2.36. The van der Waals surface area contributed by atoms with Crippen LogP contribution >= 0.6 is 0 Å². The van der Waals surface area contributed by atoms with E-state index in [0.29, 0.717) is 12.4 Å². The maximum absolute atomic E-state index is 13.2. The van der Waals surface area contributed by atoms with Crippen molar-refractivity contribution >= 4 is 0 Å². The zero-order chi connectivity index (χ0) is 14.1. The molecule has 0 spiro atoms. The molecule has 1 aliphatic carbocycles. The number of halogens is 2. The predicted octanol–water partition coefficient (Wildman–Crippen LogP) is 3.10. The summed E-state index contributed by atoms with van der Waals surface area (Å²) in [4.78, 5) is 4.45. The maximum Gasteiger partial charge on any atom is 0.223 e. The van der Waals surface area contributed by atoms with Crippen LogP contribution in [-0.4, -0.2) is 4.98 Å². The van der Waals surface area contributed by atoms with Crippen molar-refractivity contribution in [3.63, 3.8) is 0 Å². The van der Waals surface area contributed by atoms with Crippen molar-refractivity contribution in [2.75, 3.05) is 0 Å². The Bertz CT molecular complexity index is 659. The third-order valence-electron chi connectivity index (χ3n) is 3.42. The molecule has 104 valence electrons. The SMILES string of the molecule is NCc1cc2c(nc1Oc1ccc(F)c(F)c1)CCC2. The van der Waals surface area contributed by atoms with Gasteiger partial charge in [-0.2, -0.15) is 0 Å². The van der Waals surface area contributed by atoms with Crippen LogP contribution < -0.4 is 10.5 Å². The number of benzene rings is 1. The molecule has 0 unspecified atom stereocenters. The topological polar surface area (TPSA) is 48.1 Å². The van der Waals surface area contributed by atoms with E-state index < -0.39 is 11.6 Å². The summed E-state index contributed by atoms with van der Waals surface area (Å²) >= 11 is 0. The Kier molecular flexibility index (Phi) is 3.36. The molecule has 0 radical (unpaired) electrons. The van der Waals surface area contributed by atoms with Crippen LogP contribution in [0.4, 0.5) is 8.78 Å². The number of nitrogens with zero attached hydrogens (tertiary/aromatic N) is 1. The van der Waals surface area contributed by atoms with Gasteiger partial charge in [0.25, 0.3) is 0 Å². The van der Waals surface area contributed by atoms with Crippen LogP contribution in [0.2, 0.25) is 0 Å². The van der Waals surface area contributed by atoms with Crippen LogP contribution in [0.15, 0.2) is 24.3 Å². The van der Waals surface area contributed by atoms with Gasteiger partial charge in [-0.15, -0.1) is 0 Å². The average molecular weight is 276 g/mol. The number of aromatic nitrogens is 1. The molecule has 3 rings (SSSR count). The van der Waals surface area contributed by atoms with E-state index in [1.165, 1.54) is 11.6 Å². The first kappa shape index (κ1) is 13.0. The van der Waals surface area contributed by atoms with Crippen molar-refractivity contribution in [2.24, 2.45) is 5.73 Å². The molecule has 2 aromatic rings. The van der Waals surface area contributed by atoms with Crippen LogP contribution in [-0.2, 0) is 19.4 Å². The van der Waals surface area contributed by atoms with Crippen molar-refractivity contribution in [1.82, 2.24) is 4.98 Å². The summed E-state index contributed by atoms with van der Waals surface area (Å²) in [6.07, 6.45) is 2.98. The highest BCUT2D eigenvalue weighted by molar-refractivity contribution is 5.39. The smallest absolute Gasteiger partial charge is 0.223 e. The second-order valence-corrected chi connectivity index (χ2v) is 4.79. The first-order chi connectivity index (χ1) is 9.67. The number of hydrogen-bond acceptors (Lipinski definition) is 3. The molecule has 0 bridgehead atoms. The lowest BCUT2D eigenvalue weighted by atomic mass is 10.1. The molecule has 0 aliphatic heterocycles. The molecule has 0 saturated carbocycles. The second-order valence-electron chi connectivity index (χ2n) is 4.79. The van der Waals surface area contributed by atoms with Gasteiger partial charge in [0.05, 0.1) is 0 Å². The first-order valence-corrected chi connectivity index (χ1v) is 6.52. The summed E-state index contributed by atoms with van der Waals surface area (Å²) in [5, 5.41) is 0. The van der Waals surface area contributed by atoms with Gasteiger partial charge in [0, 0.05) is 23.9 Å². The van der Waals surface area contributed by atoms with Gasteiger partial charge in [0.1, 0.15) is 5.75 Å². The number of fused-ring (bicyclic) bond motifs is 1. The summed E-state index contributed by atoms with van der Waals surface area (Å²) in [6, 6.07) is 5.39. The molecule has 3 nitrogen and oxygen atoms in total. The molecule has 0 saturated heterocycles.